The highest BCUT2D eigenvalue weighted by atomic mass is 35.5. The smallest absolute Gasteiger partial charge is 0.267 e. The fourth-order valence-electron chi connectivity index (χ4n) is 3.12. The van der Waals surface area contributed by atoms with Crippen LogP contribution in [0.2, 0.25) is 35.2 Å². The van der Waals surface area contributed by atoms with Crippen LogP contribution in [0, 0.1) is 6.92 Å². The fourth-order valence-corrected chi connectivity index (χ4v) is 6.06. The average Bonchev–Trinajstić information content (AvgIpc) is 2.91. The van der Waals surface area contributed by atoms with Gasteiger partial charge in [0.25, 0.3) is 5.91 Å². The molecule has 1 amide bonds. The van der Waals surface area contributed by atoms with E-state index in [4.69, 9.17) is 23.2 Å². The molecule has 0 radical (unpaired) electrons. The van der Waals surface area contributed by atoms with Gasteiger partial charge in [-0.2, -0.15) is 0 Å². The van der Waals surface area contributed by atoms with Crippen LogP contribution < -0.4 is 5.32 Å². The molecule has 7 heteroatoms. The summed E-state index contributed by atoms with van der Waals surface area (Å²) >= 11 is 12.4. The number of carbonyl (C=O) groups is 1. The van der Waals surface area contributed by atoms with Crippen molar-refractivity contribution in [3.8, 4) is 0 Å². The van der Waals surface area contributed by atoms with Crippen molar-refractivity contribution in [2.75, 3.05) is 0 Å². The molecule has 0 unspecified atom stereocenters. The molecule has 2 aromatic heterocycles. The lowest BCUT2D eigenvalue weighted by Crippen LogP contribution is -2.42. The number of H-pyrrole nitrogens is 1. The van der Waals surface area contributed by atoms with E-state index in [-0.39, 0.29) is 11.9 Å². The first-order chi connectivity index (χ1) is 10.8. The molecular weight excluding hydrogens is 349 g/mol. The Hall–Kier alpha value is -1.04. The van der Waals surface area contributed by atoms with Gasteiger partial charge in [0.1, 0.15) is 11.3 Å². The van der Waals surface area contributed by atoms with E-state index in [1.165, 1.54) is 12.1 Å². The number of halogens is 2. The van der Waals surface area contributed by atoms with Crippen molar-refractivity contribution in [1.82, 2.24) is 15.3 Å². The van der Waals surface area contributed by atoms with Crippen LogP contribution in [-0.2, 0) is 0 Å². The van der Waals surface area contributed by atoms with E-state index in [2.05, 4.69) is 28.4 Å². The van der Waals surface area contributed by atoms with E-state index in [1.54, 1.807) is 13.0 Å². The molecule has 0 aliphatic carbocycles. The largest absolute Gasteiger partial charge is 0.348 e. The third-order valence-electron chi connectivity index (χ3n) is 4.74. The van der Waals surface area contributed by atoms with Gasteiger partial charge in [-0.05, 0) is 25.8 Å². The van der Waals surface area contributed by atoms with Crippen molar-refractivity contribution in [3.05, 3.63) is 27.5 Å². The lowest BCUT2D eigenvalue weighted by atomic mass is 10.1. The van der Waals surface area contributed by atoms with Gasteiger partial charge < -0.3 is 10.3 Å². The molecule has 1 fully saturated rings. The molecule has 1 aliphatic heterocycles. The molecule has 3 rings (SSSR count). The summed E-state index contributed by atoms with van der Waals surface area (Å²) in [5.41, 5.74) is 1.73. The Kier molecular flexibility index (Phi) is 4.46. The fraction of sp³-hybridized carbons (Fsp3) is 0.500. The molecule has 1 saturated heterocycles. The van der Waals surface area contributed by atoms with E-state index in [9.17, 15) is 4.79 Å². The van der Waals surface area contributed by atoms with Crippen molar-refractivity contribution >= 4 is 48.2 Å². The molecule has 124 valence electrons. The third-order valence-corrected chi connectivity index (χ3v) is 8.98. The number of hydrogen-bond donors (Lipinski definition) is 2. The Labute approximate surface area is 147 Å². The minimum absolute atomic E-state index is 0.0979. The Morgan fingerprint density at radius 1 is 1.30 bits per heavy atom. The van der Waals surface area contributed by atoms with Crippen LogP contribution >= 0.6 is 23.2 Å². The van der Waals surface area contributed by atoms with Crippen LogP contribution in [0.3, 0.4) is 0 Å². The van der Waals surface area contributed by atoms with Crippen molar-refractivity contribution in [3.63, 3.8) is 0 Å². The van der Waals surface area contributed by atoms with E-state index < -0.39 is 8.07 Å². The number of aromatic amines is 1. The average molecular weight is 370 g/mol. The summed E-state index contributed by atoms with van der Waals surface area (Å²) in [7, 11) is -1.01. The standard InChI is InChI=1S/C16H21Cl2N3OSi/c1-9-13(17)14(18)11-8-12(21-15(11)19-9)16(22)20-10-4-6-23(2,3)7-5-10/h8,10H,4-7H2,1-3H3,(H,19,21)(H,20,22). The van der Waals surface area contributed by atoms with E-state index >= 15 is 0 Å². The number of aryl methyl sites for hydroxylation is 1. The summed E-state index contributed by atoms with van der Waals surface area (Å²) in [6.07, 6.45) is 2.16. The van der Waals surface area contributed by atoms with Crippen LogP contribution in [0.15, 0.2) is 6.07 Å². The monoisotopic (exact) mass is 369 g/mol. The van der Waals surface area contributed by atoms with Crippen molar-refractivity contribution < 1.29 is 4.79 Å². The van der Waals surface area contributed by atoms with Crippen LogP contribution in [-0.4, -0.2) is 30.0 Å². The number of nitrogens with zero attached hydrogens (tertiary/aromatic N) is 1. The summed E-state index contributed by atoms with van der Waals surface area (Å²) in [5, 5.41) is 4.69. The maximum Gasteiger partial charge on any atom is 0.267 e. The van der Waals surface area contributed by atoms with Crippen LogP contribution in [0.4, 0.5) is 0 Å². The highest BCUT2D eigenvalue weighted by Gasteiger charge is 2.29. The Morgan fingerprint density at radius 2 is 1.96 bits per heavy atom. The summed E-state index contributed by atoms with van der Waals surface area (Å²) in [5.74, 6) is -0.0979. The van der Waals surface area contributed by atoms with Gasteiger partial charge in [-0.15, -0.1) is 0 Å². The van der Waals surface area contributed by atoms with Crippen molar-refractivity contribution in [2.24, 2.45) is 0 Å². The molecule has 0 aromatic carbocycles. The second kappa shape index (κ2) is 6.11. The molecule has 0 atom stereocenters. The summed E-state index contributed by atoms with van der Waals surface area (Å²) < 4.78 is 0. The Balaban J connectivity index is 1.78. The molecular formula is C16H21Cl2N3OSi. The van der Waals surface area contributed by atoms with Gasteiger partial charge in [-0.1, -0.05) is 48.4 Å². The molecule has 2 N–H and O–H groups in total. The Bertz CT molecular complexity index is 762. The molecule has 3 heterocycles. The van der Waals surface area contributed by atoms with Crippen LogP contribution in [0.5, 0.6) is 0 Å². The van der Waals surface area contributed by atoms with Gasteiger partial charge in [0.15, 0.2) is 0 Å². The predicted octanol–water partition coefficient (Wildman–Crippen LogP) is 4.78. The molecule has 1 aliphatic rings. The van der Waals surface area contributed by atoms with Gasteiger partial charge in [-0.25, -0.2) is 4.98 Å². The number of hydrogen-bond acceptors (Lipinski definition) is 2. The second-order valence-corrected chi connectivity index (χ2v) is 13.3. The molecule has 0 bridgehead atoms. The zero-order valence-electron chi connectivity index (χ0n) is 13.6. The lowest BCUT2D eigenvalue weighted by molar-refractivity contribution is 0.0929. The highest BCUT2D eigenvalue weighted by Crippen LogP contribution is 2.32. The van der Waals surface area contributed by atoms with E-state index in [1.807, 2.05) is 0 Å². The normalized spacial score (nSPS) is 18.3. The first kappa shape index (κ1) is 16.8. The molecule has 0 spiro atoms. The zero-order chi connectivity index (χ0) is 16.8. The van der Waals surface area contributed by atoms with Gasteiger partial charge in [0, 0.05) is 19.5 Å². The van der Waals surface area contributed by atoms with Gasteiger partial charge in [0.2, 0.25) is 0 Å². The number of pyridine rings is 1. The van der Waals surface area contributed by atoms with Gasteiger partial charge in [0.05, 0.1) is 15.7 Å². The number of amides is 1. The predicted molar refractivity (Wildman–Crippen MR) is 98.4 cm³/mol. The maximum atomic E-state index is 12.5. The number of nitrogens with one attached hydrogen (secondary N) is 2. The van der Waals surface area contributed by atoms with Crippen molar-refractivity contribution in [1.29, 1.82) is 0 Å². The quantitative estimate of drug-likeness (QED) is 0.748. The molecule has 23 heavy (non-hydrogen) atoms. The Morgan fingerprint density at radius 3 is 2.61 bits per heavy atom. The maximum absolute atomic E-state index is 12.5. The molecule has 4 nitrogen and oxygen atoms in total. The third kappa shape index (κ3) is 3.42. The SMILES string of the molecule is Cc1nc2[nH]c(C(=O)NC3CC[Si](C)(C)CC3)cc2c(Cl)c1Cl. The molecule has 0 saturated carbocycles. The lowest BCUT2D eigenvalue weighted by Gasteiger charge is -2.33. The van der Waals surface area contributed by atoms with Crippen molar-refractivity contribution in [2.45, 2.75) is 51.0 Å². The second-order valence-electron chi connectivity index (χ2n) is 7.18. The number of rotatable bonds is 2. The summed E-state index contributed by atoms with van der Waals surface area (Å²) in [4.78, 5) is 19.9. The number of fused-ring (bicyclic) bond motifs is 1. The minimum Gasteiger partial charge on any atom is -0.348 e. The summed E-state index contributed by atoms with van der Waals surface area (Å²) in [6.45, 7) is 6.63. The number of carbonyl (C=O) groups excluding carboxylic acids is 1. The topological polar surface area (TPSA) is 57.8 Å². The first-order valence-electron chi connectivity index (χ1n) is 7.92. The van der Waals surface area contributed by atoms with Crippen LogP contribution in [0.25, 0.3) is 11.0 Å². The van der Waals surface area contributed by atoms with Crippen LogP contribution in [0.1, 0.15) is 29.0 Å². The van der Waals surface area contributed by atoms with E-state index in [0.717, 1.165) is 12.8 Å². The van der Waals surface area contributed by atoms with Gasteiger partial charge >= 0.3 is 0 Å². The highest BCUT2D eigenvalue weighted by molar-refractivity contribution is 6.77. The zero-order valence-corrected chi connectivity index (χ0v) is 16.1. The van der Waals surface area contributed by atoms with Gasteiger partial charge in [-0.3, -0.25) is 4.79 Å². The first-order valence-corrected chi connectivity index (χ1v) is 12.1. The summed E-state index contributed by atoms with van der Waals surface area (Å²) in [6, 6.07) is 4.54. The van der Waals surface area contributed by atoms with E-state index in [0.29, 0.717) is 32.5 Å². The molecule has 2 aromatic rings. The number of aromatic nitrogens is 2. The minimum atomic E-state index is -1.01.